The van der Waals surface area contributed by atoms with Crippen LogP contribution in [0, 0.1) is 0 Å². The monoisotopic (exact) mass is 466 g/mol. The van der Waals surface area contributed by atoms with Crippen molar-refractivity contribution >= 4 is 41.0 Å². The van der Waals surface area contributed by atoms with Crippen LogP contribution < -0.4 is 15.4 Å². The molecule has 0 aliphatic carbocycles. The Morgan fingerprint density at radius 3 is 2.12 bits per heavy atom. The van der Waals surface area contributed by atoms with Gasteiger partial charge in [-0.15, -0.1) is 0 Å². The minimum absolute atomic E-state index is 0.00654. The predicted octanol–water partition coefficient (Wildman–Crippen LogP) is 4.08. The number of rotatable bonds is 7. The van der Waals surface area contributed by atoms with Crippen LogP contribution in [0.15, 0.2) is 72.8 Å². The molecule has 0 saturated heterocycles. The van der Waals surface area contributed by atoms with Gasteiger partial charge in [-0.2, -0.15) is 0 Å². The van der Waals surface area contributed by atoms with Crippen LogP contribution in [0.3, 0.4) is 0 Å². The number of carbonyl (C=O) groups is 4. The van der Waals surface area contributed by atoms with Gasteiger partial charge in [0, 0.05) is 21.8 Å². The molecule has 0 radical (unpaired) electrons. The Balaban J connectivity index is 1.58. The largest absolute Gasteiger partial charge is 0.497 e. The fraction of sp³-hybridized carbons (Fsp3) is 0.0833. The highest BCUT2D eigenvalue weighted by molar-refractivity contribution is 6.30. The van der Waals surface area contributed by atoms with Gasteiger partial charge in [0.25, 0.3) is 5.91 Å². The number of ether oxygens (including phenoxy) is 2. The lowest BCUT2D eigenvalue weighted by atomic mass is 9.98. The number of anilines is 1. The highest BCUT2D eigenvalue weighted by atomic mass is 35.5. The summed E-state index contributed by atoms with van der Waals surface area (Å²) in [5.74, 6) is -1.50. The third kappa shape index (κ3) is 6.41. The highest BCUT2D eigenvalue weighted by Crippen LogP contribution is 2.18. The molecule has 9 heteroatoms. The Morgan fingerprint density at radius 1 is 0.848 bits per heavy atom. The average Bonchev–Trinajstić information content (AvgIpc) is 2.83. The van der Waals surface area contributed by atoms with Crippen molar-refractivity contribution in [2.75, 3.05) is 19.0 Å². The second-order valence-corrected chi connectivity index (χ2v) is 7.12. The van der Waals surface area contributed by atoms with E-state index in [0.717, 1.165) is 0 Å². The van der Waals surface area contributed by atoms with Crippen molar-refractivity contribution in [1.29, 1.82) is 0 Å². The normalized spacial score (nSPS) is 10.1. The third-order valence-corrected chi connectivity index (χ3v) is 4.69. The van der Waals surface area contributed by atoms with Gasteiger partial charge in [-0.05, 0) is 54.6 Å². The lowest BCUT2D eigenvalue weighted by Gasteiger charge is -2.10. The van der Waals surface area contributed by atoms with Gasteiger partial charge in [0.1, 0.15) is 5.75 Å². The summed E-state index contributed by atoms with van der Waals surface area (Å²) in [6.07, 6.45) is 0. The summed E-state index contributed by atoms with van der Waals surface area (Å²) >= 11 is 5.85. The summed E-state index contributed by atoms with van der Waals surface area (Å²) in [6, 6.07) is 18.0. The van der Waals surface area contributed by atoms with Crippen LogP contribution in [0.1, 0.15) is 26.3 Å². The van der Waals surface area contributed by atoms with Crippen LogP contribution in [-0.2, 0) is 9.53 Å². The fourth-order valence-electron chi connectivity index (χ4n) is 2.82. The maximum Gasteiger partial charge on any atom is 0.339 e. The van der Waals surface area contributed by atoms with Gasteiger partial charge >= 0.3 is 12.0 Å². The summed E-state index contributed by atoms with van der Waals surface area (Å²) in [5.41, 5.74) is 0.885. The van der Waals surface area contributed by atoms with Gasteiger partial charge in [0.2, 0.25) is 0 Å². The number of imide groups is 1. The standard InChI is InChI=1S/C24H19ClN2O6/c1-32-18-12-10-17(11-13-18)26-24(31)27-21(28)14-33-23(30)20-5-3-2-4-19(20)22(29)15-6-8-16(25)9-7-15/h2-13H,14H2,1H3,(H2,26,27,28,31). The smallest absolute Gasteiger partial charge is 0.339 e. The van der Waals surface area contributed by atoms with Crippen LogP contribution in [-0.4, -0.2) is 37.4 Å². The fourth-order valence-corrected chi connectivity index (χ4v) is 2.95. The first kappa shape index (κ1) is 23.5. The van der Waals surface area contributed by atoms with Gasteiger partial charge in [0.15, 0.2) is 12.4 Å². The predicted molar refractivity (Wildman–Crippen MR) is 122 cm³/mol. The summed E-state index contributed by atoms with van der Waals surface area (Å²) in [7, 11) is 1.51. The number of hydrogen-bond donors (Lipinski definition) is 2. The maximum atomic E-state index is 12.8. The molecular weight excluding hydrogens is 448 g/mol. The molecule has 0 aliphatic heterocycles. The quantitative estimate of drug-likeness (QED) is 0.401. The molecule has 0 saturated carbocycles. The lowest BCUT2D eigenvalue weighted by molar-refractivity contribution is -0.123. The molecule has 3 rings (SSSR count). The summed E-state index contributed by atoms with van der Waals surface area (Å²) in [5, 5.41) is 5.00. The van der Waals surface area contributed by atoms with Crippen molar-refractivity contribution in [2.24, 2.45) is 0 Å². The summed E-state index contributed by atoms with van der Waals surface area (Å²) in [4.78, 5) is 49.2. The molecule has 33 heavy (non-hydrogen) atoms. The van der Waals surface area contributed by atoms with Crippen LogP contribution >= 0.6 is 11.6 Å². The van der Waals surface area contributed by atoms with Crippen LogP contribution in [0.4, 0.5) is 10.5 Å². The molecule has 3 aromatic carbocycles. The Hall–Kier alpha value is -4.17. The first-order chi connectivity index (χ1) is 15.9. The van der Waals surface area contributed by atoms with E-state index in [2.05, 4.69) is 10.6 Å². The molecule has 2 N–H and O–H groups in total. The van der Waals surface area contributed by atoms with Gasteiger partial charge in [-0.1, -0.05) is 29.8 Å². The Kier molecular flexibility index (Phi) is 7.77. The molecule has 8 nitrogen and oxygen atoms in total. The molecule has 0 unspecified atom stereocenters. The van der Waals surface area contributed by atoms with Crippen LogP contribution in [0.5, 0.6) is 5.75 Å². The van der Waals surface area contributed by atoms with Gasteiger partial charge < -0.3 is 14.8 Å². The number of nitrogens with one attached hydrogen (secondary N) is 2. The van der Waals surface area contributed by atoms with E-state index in [1.54, 1.807) is 60.7 Å². The number of benzene rings is 3. The van der Waals surface area contributed by atoms with Crippen molar-refractivity contribution in [3.63, 3.8) is 0 Å². The minimum Gasteiger partial charge on any atom is -0.497 e. The zero-order chi connectivity index (χ0) is 23.8. The number of carbonyl (C=O) groups excluding carboxylic acids is 4. The lowest BCUT2D eigenvalue weighted by Crippen LogP contribution is -2.37. The maximum absolute atomic E-state index is 12.8. The second kappa shape index (κ2) is 10.9. The number of ketones is 1. The summed E-state index contributed by atoms with van der Waals surface area (Å²) in [6.45, 7) is -0.710. The molecule has 168 valence electrons. The molecule has 0 atom stereocenters. The van der Waals surface area contributed by atoms with Gasteiger partial charge in [-0.25, -0.2) is 9.59 Å². The van der Waals surface area contributed by atoms with E-state index < -0.39 is 30.3 Å². The van der Waals surface area contributed by atoms with Crippen LogP contribution in [0.2, 0.25) is 5.02 Å². The van der Waals surface area contributed by atoms with E-state index in [-0.39, 0.29) is 11.1 Å². The molecular formula is C24H19ClN2O6. The van der Waals surface area contributed by atoms with E-state index >= 15 is 0 Å². The molecule has 0 bridgehead atoms. The van der Waals surface area contributed by atoms with Gasteiger partial charge in [-0.3, -0.25) is 14.9 Å². The van der Waals surface area contributed by atoms with E-state index in [4.69, 9.17) is 21.1 Å². The van der Waals surface area contributed by atoms with E-state index in [1.807, 2.05) is 0 Å². The molecule has 0 aliphatic rings. The molecule has 0 spiro atoms. The number of urea groups is 1. The van der Waals surface area contributed by atoms with E-state index in [0.29, 0.717) is 22.0 Å². The molecule has 3 amide bonds. The second-order valence-electron chi connectivity index (χ2n) is 6.69. The van der Waals surface area contributed by atoms with Crippen molar-refractivity contribution in [2.45, 2.75) is 0 Å². The number of amides is 3. The topological polar surface area (TPSA) is 111 Å². The number of halogens is 1. The van der Waals surface area contributed by atoms with Crippen molar-refractivity contribution < 1.29 is 28.7 Å². The molecule has 0 aromatic heterocycles. The van der Waals surface area contributed by atoms with Crippen LogP contribution in [0.25, 0.3) is 0 Å². The Bertz CT molecular complexity index is 1180. The van der Waals surface area contributed by atoms with Crippen molar-refractivity contribution in [3.05, 3.63) is 94.5 Å². The van der Waals surface area contributed by atoms with Gasteiger partial charge in [0.05, 0.1) is 12.7 Å². The first-order valence-corrected chi connectivity index (χ1v) is 10.1. The number of methoxy groups -OCH3 is 1. The summed E-state index contributed by atoms with van der Waals surface area (Å²) < 4.78 is 10.0. The zero-order valence-corrected chi connectivity index (χ0v) is 18.2. The van der Waals surface area contributed by atoms with Crippen molar-refractivity contribution in [1.82, 2.24) is 5.32 Å². The molecule has 3 aromatic rings. The molecule has 0 heterocycles. The Morgan fingerprint density at radius 2 is 1.48 bits per heavy atom. The Labute approximate surface area is 194 Å². The third-order valence-electron chi connectivity index (χ3n) is 4.43. The van der Waals surface area contributed by atoms with E-state index in [9.17, 15) is 19.2 Å². The number of esters is 1. The highest BCUT2D eigenvalue weighted by Gasteiger charge is 2.20. The zero-order valence-electron chi connectivity index (χ0n) is 17.5. The SMILES string of the molecule is COc1ccc(NC(=O)NC(=O)COC(=O)c2ccccc2C(=O)c2ccc(Cl)cc2)cc1. The number of hydrogen-bond acceptors (Lipinski definition) is 6. The average molecular weight is 467 g/mol. The van der Waals surface area contributed by atoms with E-state index in [1.165, 1.54) is 19.2 Å². The first-order valence-electron chi connectivity index (χ1n) is 9.68. The minimum atomic E-state index is -0.876. The van der Waals surface area contributed by atoms with Crippen molar-refractivity contribution in [3.8, 4) is 5.75 Å². The molecule has 0 fully saturated rings.